The van der Waals surface area contributed by atoms with Crippen LogP contribution in [0.25, 0.3) is 21.8 Å². The fourth-order valence-electron chi connectivity index (χ4n) is 1.93. The van der Waals surface area contributed by atoms with E-state index in [1.807, 2.05) is 18.2 Å². The molecule has 0 unspecified atom stereocenters. The quantitative estimate of drug-likeness (QED) is 0.638. The van der Waals surface area contributed by atoms with Crippen LogP contribution in [0.2, 0.25) is 0 Å². The van der Waals surface area contributed by atoms with Crippen molar-refractivity contribution in [3.8, 4) is 21.8 Å². The number of nitrogens with zero attached hydrogens (tertiary/aromatic N) is 1. The molecule has 0 saturated carbocycles. The maximum Gasteiger partial charge on any atom is 0.124 e. The Kier molecular flexibility index (Phi) is 2.95. The van der Waals surface area contributed by atoms with Gasteiger partial charge in [0.05, 0.1) is 5.69 Å². The first-order chi connectivity index (χ1) is 8.83. The second kappa shape index (κ2) is 4.75. The van der Waals surface area contributed by atoms with E-state index < -0.39 is 0 Å². The number of thiazole rings is 1. The minimum atomic E-state index is 1.05. The summed E-state index contributed by atoms with van der Waals surface area (Å²) in [7, 11) is 0. The first-order valence-corrected chi connectivity index (χ1v) is 6.79. The molecule has 3 aromatic rings. The number of benzene rings is 2. The summed E-state index contributed by atoms with van der Waals surface area (Å²) in [5.41, 5.74) is 4.69. The molecule has 2 aromatic carbocycles. The molecule has 0 bridgehead atoms. The second-order valence-electron chi connectivity index (χ2n) is 4.27. The highest BCUT2D eigenvalue weighted by Crippen LogP contribution is 2.28. The topological polar surface area (TPSA) is 12.9 Å². The molecular formula is C16H13NS. The highest BCUT2D eigenvalue weighted by molar-refractivity contribution is 7.13. The molecule has 1 heterocycles. The average molecular weight is 251 g/mol. The van der Waals surface area contributed by atoms with E-state index in [2.05, 4.69) is 48.7 Å². The zero-order chi connectivity index (χ0) is 12.4. The normalized spacial score (nSPS) is 10.5. The van der Waals surface area contributed by atoms with Crippen molar-refractivity contribution in [1.82, 2.24) is 4.98 Å². The summed E-state index contributed by atoms with van der Waals surface area (Å²) in [6, 6.07) is 18.8. The standard InChI is InChI=1S/C16H13NS/c1-12-6-5-9-14(10-12)16-17-15(11-18-16)13-7-3-2-4-8-13/h2-11H,1H3. The van der Waals surface area contributed by atoms with Crippen molar-refractivity contribution in [3.05, 3.63) is 65.5 Å². The predicted molar refractivity (Wildman–Crippen MR) is 77.7 cm³/mol. The Morgan fingerprint density at radius 3 is 2.44 bits per heavy atom. The molecule has 0 aliphatic rings. The molecule has 0 atom stereocenters. The molecule has 2 heteroatoms. The summed E-state index contributed by atoms with van der Waals surface area (Å²) in [4.78, 5) is 4.71. The first kappa shape index (κ1) is 11.2. The van der Waals surface area contributed by atoms with Gasteiger partial charge in [0, 0.05) is 16.5 Å². The van der Waals surface area contributed by atoms with Gasteiger partial charge in [-0.05, 0) is 13.0 Å². The van der Waals surface area contributed by atoms with Gasteiger partial charge in [0.25, 0.3) is 0 Å². The van der Waals surface area contributed by atoms with Crippen molar-refractivity contribution in [2.45, 2.75) is 6.92 Å². The number of hydrogen-bond donors (Lipinski definition) is 0. The van der Waals surface area contributed by atoms with Gasteiger partial charge < -0.3 is 0 Å². The predicted octanol–water partition coefficient (Wildman–Crippen LogP) is 4.79. The highest BCUT2D eigenvalue weighted by atomic mass is 32.1. The molecule has 88 valence electrons. The van der Waals surface area contributed by atoms with E-state index in [0.29, 0.717) is 0 Å². The van der Waals surface area contributed by atoms with Gasteiger partial charge in [-0.25, -0.2) is 4.98 Å². The zero-order valence-electron chi connectivity index (χ0n) is 10.1. The molecule has 0 fully saturated rings. The second-order valence-corrected chi connectivity index (χ2v) is 5.13. The minimum absolute atomic E-state index is 1.05. The van der Waals surface area contributed by atoms with E-state index in [0.717, 1.165) is 10.7 Å². The van der Waals surface area contributed by atoms with Gasteiger partial charge in [-0.15, -0.1) is 11.3 Å². The van der Waals surface area contributed by atoms with Crippen molar-refractivity contribution in [3.63, 3.8) is 0 Å². The monoisotopic (exact) mass is 251 g/mol. The van der Waals surface area contributed by atoms with Crippen LogP contribution >= 0.6 is 11.3 Å². The molecule has 18 heavy (non-hydrogen) atoms. The van der Waals surface area contributed by atoms with Gasteiger partial charge in [-0.1, -0.05) is 54.1 Å². The molecule has 1 nitrogen and oxygen atoms in total. The third kappa shape index (κ3) is 2.20. The molecule has 3 rings (SSSR count). The fraction of sp³-hybridized carbons (Fsp3) is 0.0625. The molecule has 0 radical (unpaired) electrons. The maximum atomic E-state index is 4.71. The zero-order valence-corrected chi connectivity index (χ0v) is 10.9. The van der Waals surface area contributed by atoms with Crippen molar-refractivity contribution < 1.29 is 0 Å². The van der Waals surface area contributed by atoms with Crippen LogP contribution in [0.15, 0.2) is 60.0 Å². The summed E-state index contributed by atoms with van der Waals surface area (Å²) in [6.07, 6.45) is 0. The van der Waals surface area contributed by atoms with Gasteiger partial charge in [0.2, 0.25) is 0 Å². The molecular weight excluding hydrogens is 238 g/mol. The van der Waals surface area contributed by atoms with Gasteiger partial charge >= 0.3 is 0 Å². The van der Waals surface area contributed by atoms with Crippen LogP contribution in [0, 0.1) is 6.92 Å². The van der Waals surface area contributed by atoms with E-state index in [1.165, 1.54) is 16.7 Å². The van der Waals surface area contributed by atoms with E-state index in [4.69, 9.17) is 4.98 Å². The lowest BCUT2D eigenvalue weighted by Gasteiger charge is -1.98. The van der Waals surface area contributed by atoms with Crippen LogP contribution < -0.4 is 0 Å². The Bertz CT molecular complexity index is 656. The third-order valence-electron chi connectivity index (χ3n) is 2.84. The number of rotatable bonds is 2. The molecule has 0 N–H and O–H groups in total. The fourth-order valence-corrected chi connectivity index (χ4v) is 2.75. The SMILES string of the molecule is Cc1cccc(-c2nc(-c3ccccc3)cs2)c1. The Balaban J connectivity index is 2.00. The van der Waals surface area contributed by atoms with Gasteiger partial charge in [-0.2, -0.15) is 0 Å². The van der Waals surface area contributed by atoms with Crippen molar-refractivity contribution in [1.29, 1.82) is 0 Å². The van der Waals surface area contributed by atoms with Crippen LogP contribution in [0.5, 0.6) is 0 Å². The van der Waals surface area contributed by atoms with Crippen LogP contribution in [0.3, 0.4) is 0 Å². The number of hydrogen-bond acceptors (Lipinski definition) is 2. The van der Waals surface area contributed by atoms with E-state index in [1.54, 1.807) is 11.3 Å². The van der Waals surface area contributed by atoms with Gasteiger partial charge in [0.1, 0.15) is 5.01 Å². The molecule has 0 amide bonds. The lowest BCUT2D eigenvalue weighted by molar-refractivity contribution is 1.39. The van der Waals surface area contributed by atoms with Crippen LogP contribution in [0.1, 0.15) is 5.56 Å². The van der Waals surface area contributed by atoms with E-state index in [9.17, 15) is 0 Å². The van der Waals surface area contributed by atoms with Crippen LogP contribution in [-0.4, -0.2) is 4.98 Å². The molecule has 0 aliphatic heterocycles. The van der Waals surface area contributed by atoms with Crippen LogP contribution in [0.4, 0.5) is 0 Å². The van der Waals surface area contributed by atoms with Crippen molar-refractivity contribution >= 4 is 11.3 Å². The molecule has 1 aromatic heterocycles. The summed E-state index contributed by atoms with van der Waals surface area (Å²) in [6.45, 7) is 2.11. The largest absolute Gasteiger partial charge is 0.236 e. The minimum Gasteiger partial charge on any atom is -0.236 e. The summed E-state index contributed by atoms with van der Waals surface area (Å²) >= 11 is 1.70. The van der Waals surface area contributed by atoms with Crippen molar-refractivity contribution in [2.75, 3.05) is 0 Å². The third-order valence-corrected chi connectivity index (χ3v) is 3.73. The number of aromatic nitrogens is 1. The average Bonchev–Trinajstić information content (AvgIpc) is 2.89. The highest BCUT2D eigenvalue weighted by Gasteiger charge is 2.06. The lowest BCUT2D eigenvalue weighted by atomic mass is 10.1. The Morgan fingerprint density at radius 2 is 1.67 bits per heavy atom. The Morgan fingerprint density at radius 1 is 0.889 bits per heavy atom. The van der Waals surface area contributed by atoms with Gasteiger partial charge in [0.15, 0.2) is 0 Å². The number of aryl methyl sites for hydroxylation is 1. The lowest BCUT2D eigenvalue weighted by Crippen LogP contribution is -1.80. The summed E-state index contributed by atoms with van der Waals surface area (Å²) in [5, 5.41) is 3.20. The molecule has 0 aliphatic carbocycles. The van der Waals surface area contributed by atoms with E-state index >= 15 is 0 Å². The Hall–Kier alpha value is -1.93. The smallest absolute Gasteiger partial charge is 0.124 e. The summed E-state index contributed by atoms with van der Waals surface area (Å²) in [5.74, 6) is 0. The summed E-state index contributed by atoms with van der Waals surface area (Å²) < 4.78 is 0. The first-order valence-electron chi connectivity index (χ1n) is 5.91. The Labute approximate surface area is 111 Å². The molecule has 0 spiro atoms. The van der Waals surface area contributed by atoms with Crippen molar-refractivity contribution in [2.24, 2.45) is 0 Å². The van der Waals surface area contributed by atoms with E-state index in [-0.39, 0.29) is 0 Å². The van der Waals surface area contributed by atoms with Crippen LogP contribution in [-0.2, 0) is 0 Å². The maximum absolute atomic E-state index is 4.71. The van der Waals surface area contributed by atoms with Gasteiger partial charge in [-0.3, -0.25) is 0 Å². The molecule has 0 saturated heterocycles.